The molecule has 7 nitrogen and oxygen atoms in total. The van der Waals surface area contributed by atoms with Gasteiger partial charge in [0.25, 0.3) is 0 Å². The summed E-state index contributed by atoms with van der Waals surface area (Å²) in [6.45, 7) is 0.183. The fourth-order valence-corrected chi connectivity index (χ4v) is 3.47. The maximum Gasteiger partial charge on any atom is 0.307 e. The molecule has 0 saturated heterocycles. The number of aryl methyl sites for hydroxylation is 1. The minimum absolute atomic E-state index is 0.124. The predicted molar refractivity (Wildman–Crippen MR) is 123 cm³/mol. The molecule has 0 unspecified atom stereocenters. The van der Waals surface area contributed by atoms with Gasteiger partial charge in [-0.05, 0) is 65.1 Å². The molecule has 3 N–H and O–H groups in total. The monoisotopic (exact) mass is 445 g/mol. The van der Waals surface area contributed by atoms with Crippen LogP contribution in [0.4, 0.5) is 0 Å². The van der Waals surface area contributed by atoms with Crippen LogP contribution in [-0.4, -0.2) is 23.8 Å². The zero-order valence-electron chi connectivity index (χ0n) is 17.8. The number of carbonyl (C=O) groups excluding carboxylic acids is 1. The highest BCUT2D eigenvalue weighted by atomic mass is 16.7. The van der Waals surface area contributed by atoms with Crippen molar-refractivity contribution in [3.05, 3.63) is 83.4 Å². The van der Waals surface area contributed by atoms with E-state index in [4.69, 9.17) is 19.9 Å². The van der Waals surface area contributed by atoms with Gasteiger partial charge in [-0.1, -0.05) is 36.4 Å². The van der Waals surface area contributed by atoms with Crippen LogP contribution in [0.25, 0.3) is 11.6 Å². The summed E-state index contributed by atoms with van der Waals surface area (Å²) in [5.41, 5.74) is 8.46. The van der Waals surface area contributed by atoms with E-state index < -0.39 is 5.97 Å². The molecule has 0 bridgehead atoms. The lowest BCUT2D eigenvalue weighted by Gasteiger charge is -2.10. The van der Waals surface area contributed by atoms with Crippen LogP contribution in [-0.2, 0) is 16.0 Å². The highest BCUT2D eigenvalue weighted by molar-refractivity contribution is 5.91. The van der Waals surface area contributed by atoms with E-state index >= 15 is 0 Å². The number of hydrogen-bond donors (Lipinski definition) is 2. The molecular weight excluding hydrogens is 422 g/mol. The van der Waals surface area contributed by atoms with E-state index in [1.54, 1.807) is 12.1 Å². The summed E-state index contributed by atoms with van der Waals surface area (Å²) in [7, 11) is 0. The van der Waals surface area contributed by atoms with Gasteiger partial charge in [-0.2, -0.15) is 0 Å². The number of carboxylic acid groups (broad SMARTS) is 1. The molecule has 0 saturated carbocycles. The summed E-state index contributed by atoms with van der Waals surface area (Å²) in [5.74, 6) is 1.36. The molecule has 1 aliphatic heterocycles. The molecule has 0 aliphatic carbocycles. The molecule has 3 aromatic carbocycles. The van der Waals surface area contributed by atoms with Gasteiger partial charge in [0.2, 0.25) is 12.7 Å². The summed E-state index contributed by atoms with van der Waals surface area (Å²) in [5, 5.41) is 9.38. The Balaban J connectivity index is 1.48. The van der Waals surface area contributed by atoms with E-state index in [-0.39, 0.29) is 19.1 Å². The summed E-state index contributed by atoms with van der Waals surface area (Å²) >= 11 is 0. The Morgan fingerprint density at radius 1 is 0.939 bits per heavy atom. The van der Waals surface area contributed by atoms with Crippen molar-refractivity contribution in [2.45, 2.75) is 19.3 Å². The van der Waals surface area contributed by atoms with E-state index in [1.807, 2.05) is 60.7 Å². The minimum atomic E-state index is -0.918. The first kappa shape index (κ1) is 22.0. The van der Waals surface area contributed by atoms with Gasteiger partial charge in [-0.3, -0.25) is 9.59 Å². The second-order valence-electron chi connectivity index (χ2n) is 7.59. The van der Waals surface area contributed by atoms with Gasteiger partial charge in [0.05, 0.1) is 6.42 Å². The molecule has 33 heavy (non-hydrogen) atoms. The molecular formula is C26H23NO6. The van der Waals surface area contributed by atoms with Gasteiger partial charge >= 0.3 is 5.97 Å². The minimum Gasteiger partial charge on any atom is -0.481 e. The van der Waals surface area contributed by atoms with E-state index in [0.29, 0.717) is 41.4 Å². The molecule has 168 valence electrons. The number of rotatable bonds is 9. The largest absolute Gasteiger partial charge is 0.481 e. The molecule has 7 heteroatoms. The van der Waals surface area contributed by atoms with Crippen LogP contribution in [0.3, 0.4) is 0 Å². The number of hydrogen-bond acceptors (Lipinski definition) is 5. The molecule has 4 rings (SSSR count). The zero-order valence-corrected chi connectivity index (χ0v) is 17.8. The number of primary amides is 1. The Hall–Kier alpha value is -4.26. The number of carboxylic acids is 1. The third-order valence-corrected chi connectivity index (χ3v) is 5.12. The first-order chi connectivity index (χ1) is 16.0. The Bertz CT molecular complexity index is 1180. The molecule has 1 aliphatic rings. The molecule has 0 radical (unpaired) electrons. The van der Waals surface area contributed by atoms with Crippen molar-refractivity contribution in [3.8, 4) is 23.0 Å². The fraction of sp³-hybridized carbons (Fsp3) is 0.154. The average Bonchev–Trinajstić information content (AvgIpc) is 3.26. The molecule has 0 fully saturated rings. The Labute approximate surface area is 191 Å². The van der Waals surface area contributed by atoms with Crippen molar-refractivity contribution in [1.29, 1.82) is 0 Å². The van der Waals surface area contributed by atoms with E-state index in [1.165, 1.54) is 0 Å². The summed E-state index contributed by atoms with van der Waals surface area (Å²) in [6, 6.07) is 20.2. The van der Waals surface area contributed by atoms with Crippen LogP contribution in [0.15, 0.2) is 66.7 Å². The van der Waals surface area contributed by atoms with Crippen LogP contribution >= 0.6 is 0 Å². The van der Waals surface area contributed by atoms with Crippen molar-refractivity contribution in [1.82, 2.24) is 0 Å². The third kappa shape index (κ3) is 5.92. The van der Waals surface area contributed by atoms with E-state index in [0.717, 1.165) is 16.7 Å². The van der Waals surface area contributed by atoms with Crippen molar-refractivity contribution < 1.29 is 28.9 Å². The lowest BCUT2D eigenvalue weighted by Crippen LogP contribution is -2.11. The van der Waals surface area contributed by atoms with Crippen molar-refractivity contribution >= 4 is 23.5 Å². The van der Waals surface area contributed by atoms with Crippen LogP contribution in [0.1, 0.15) is 29.5 Å². The lowest BCUT2D eigenvalue weighted by molar-refractivity contribution is -0.135. The third-order valence-electron chi connectivity index (χ3n) is 5.12. The second kappa shape index (κ2) is 9.91. The molecule has 0 atom stereocenters. The summed E-state index contributed by atoms with van der Waals surface area (Å²) in [6.07, 6.45) is 2.60. The highest BCUT2D eigenvalue weighted by Gasteiger charge is 2.14. The number of amides is 1. The number of ether oxygens (including phenoxy) is 3. The fourth-order valence-electron chi connectivity index (χ4n) is 3.47. The topological polar surface area (TPSA) is 108 Å². The number of carbonyl (C=O) groups is 2. The second-order valence-corrected chi connectivity index (χ2v) is 7.59. The normalized spacial score (nSPS) is 12.4. The Morgan fingerprint density at radius 3 is 2.27 bits per heavy atom. The quantitative estimate of drug-likeness (QED) is 0.465. The standard InChI is InChI=1S/C26H23NO6/c27-25(28)12-4-17-1-7-21(8-2-17)33-22-9-5-19(6-10-22)20(15-26(29)30)13-18-3-11-23-24(14-18)32-16-31-23/h1-3,5-11,13-14H,4,12,15-16H2,(H2,27,28)(H,29,30). The number of aliphatic carboxylic acids is 1. The van der Waals surface area contributed by atoms with Crippen LogP contribution in [0, 0.1) is 0 Å². The molecule has 0 spiro atoms. The van der Waals surface area contributed by atoms with Crippen molar-refractivity contribution in [2.24, 2.45) is 5.73 Å². The summed E-state index contributed by atoms with van der Waals surface area (Å²) < 4.78 is 16.6. The predicted octanol–water partition coefficient (Wildman–Crippen LogP) is 4.64. The van der Waals surface area contributed by atoms with Gasteiger partial charge < -0.3 is 25.1 Å². The van der Waals surface area contributed by atoms with E-state index in [2.05, 4.69) is 0 Å². The van der Waals surface area contributed by atoms with Gasteiger partial charge in [0.15, 0.2) is 11.5 Å². The molecule has 1 heterocycles. The van der Waals surface area contributed by atoms with Crippen molar-refractivity contribution in [3.63, 3.8) is 0 Å². The molecule has 1 amide bonds. The zero-order chi connectivity index (χ0) is 23.2. The molecule has 3 aromatic rings. The van der Waals surface area contributed by atoms with E-state index in [9.17, 15) is 14.7 Å². The first-order valence-corrected chi connectivity index (χ1v) is 10.4. The van der Waals surface area contributed by atoms with Gasteiger partial charge in [0, 0.05) is 6.42 Å². The average molecular weight is 445 g/mol. The lowest BCUT2D eigenvalue weighted by atomic mass is 9.99. The number of benzene rings is 3. The number of nitrogens with two attached hydrogens (primary N) is 1. The van der Waals surface area contributed by atoms with Crippen LogP contribution < -0.4 is 19.9 Å². The van der Waals surface area contributed by atoms with Gasteiger partial charge in [-0.15, -0.1) is 0 Å². The van der Waals surface area contributed by atoms with Gasteiger partial charge in [0.1, 0.15) is 11.5 Å². The van der Waals surface area contributed by atoms with Crippen LogP contribution in [0.2, 0.25) is 0 Å². The van der Waals surface area contributed by atoms with Gasteiger partial charge in [-0.25, -0.2) is 0 Å². The smallest absolute Gasteiger partial charge is 0.307 e. The Morgan fingerprint density at radius 2 is 1.61 bits per heavy atom. The summed E-state index contributed by atoms with van der Waals surface area (Å²) in [4.78, 5) is 22.4. The SMILES string of the molecule is NC(=O)CCc1ccc(Oc2ccc(C(=Cc3ccc4c(c3)OCO4)CC(=O)O)cc2)cc1. The number of fused-ring (bicyclic) bond motifs is 1. The maximum atomic E-state index is 11.4. The first-order valence-electron chi connectivity index (χ1n) is 10.4. The Kier molecular flexibility index (Phi) is 6.59. The van der Waals surface area contributed by atoms with Crippen molar-refractivity contribution in [2.75, 3.05) is 6.79 Å². The molecule has 0 aromatic heterocycles. The highest BCUT2D eigenvalue weighted by Crippen LogP contribution is 2.34. The maximum absolute atomic E-state index is 11.4. The van der Waals surface area contributed by atoms with Crippen LogP contribution in [0.5, 0.6) is 23.0 Å².